The molecule has 1 N–H and O–H groups in total. The Kier molecular flexibility index (Phi) is 5.12. The second kappa shape index (κ2) is 7.04. The van der Waals surface area contributed by atoms with Crippen LogP contribution < -0.4 is 5.56 Å². The molecule has 0 aliphatic carbocycles. The highest BCUT2D eigenvalue weighted by Gasteiger charge is 1.98. The van der Waals surface area contributed by atoms with Gasteiger partial charge in [0.05, 0.1) is 6.61 Å². The van der Waals surface area contributed by atoms with Gasteiger partial charge < -0.3 is 9.67 Å². The van der Waals surface area contributed by atoms with E-state index in [1.807, 2.05) is 18.2 Å². The van der Waals surface area contributed by atoms with Crippen molar-refractivity contribution in [3.8, 4) is 0 Å². The molecule has 2 aromatic rings. The molecule has 110 valence electrons. The van der Waals surface area contributed by atoms with Crippen LogP contribution in [0.25, 0.3) is 12.2 Å². The predicted molar refractivity (Wildman–Crippen MR) is 87.2 cm³/mol. The van der Waals surface area contributed by atoms with E-state index >= 15 is 0 Å². The lowest BCUT2D eigenvalue weighted by Gasteiger charge is -2.05. The lowest BCUT2D eigenvalue weighted by atomic mass is 10.0. The van der Waals surface area contributed by atoms with Crippen LogP contribution in [0.2, 0.25) is 0 Å². The van der Waals surface area contributed by atoms with Crippen LogP contribution in [0.15, 0.2) is 47.4 Å². The fourth-order valence-corrected chi connectivity index (χ4v) is 2.10. The van der Waals surface area contributed by atoms with Crippen LogP contribution in [-0.4, -0.2) is 16.3 Å². The predicted octanol–water partition coefficient (Wildman–Crippen LogP) is 3.13. The zero-order valence-corrected chi connectivity index (χ0v) is 12.5. The third kappa shape index (κ3) is 4.17. The van der Waals surface area contributed by atoms with Gasteiger partial charge in [-0.3, -0.25) is 4.79 Å². The topological polar surface area (TPSA) is 42.2 Å². The first-order valence-electron chi connectivity index (χ1n) is 7.19. The van der Waals surface area contributed by atoms with Crippen molar-refractivity contribution >= 4 is 12.2 Å². The molecule has 0 amide bonds. The number of benzene rings is 1. The molecule has 0 aliphatic heterocycles. The summed E-state index contributed by atoms with van der Waals surface area (Å²) in [4.78, 5) is 11.8. The van der Waals surface area contributed by atoms with Gasteiger partial charge in [0.25, 0.3) is 5.56 Å². The fourth-order valence-electron chi connectivity index (χ4n) is 2.10. The van der Waals surface area contributed by atoms with Gasteiger partial charge in [-0.1, -0.05) is 50.3 Å². The average Bonchev–Trinajstić information content (AvgIpc) is 2.48. The van der Waals surface area contributed by atoms with Crippen molar-refractivity contribution in [3.63, 3.8) is 0 Å². The van der Waals surface area contributed by atoms with Crippen LogP contribution in [0.5, 0.6) is 0 Å². The standard InChI is InChI=1S/C18H21NO2/c1-14(2)17-7-5-15(6-8-17)3-4-16-9-10-19(11-12-20)18(21)13-16/h3-10,13-14,20H,11-12H2,1-2H3/b4-3+. The number of hydrogen-bond donors (Lipinski definition) is 1. The van der Waals surface area contributed by atoms with Gasteiger partial charge in [0.2, 0.25) is 0 Å². The fraction of sp³-hybridized carbons (Fsp3) is 0.278. The number of aliphatic hydroxyl groups is 1. The molecular weight excluding hydrogens is 262 g/mol. The molecule has 0 saturated carbocycles. The molecule has 2 rings (SSSR count). The van der Waals surface area contributed by atoms with E-state index in [2.05, 4.69) is 38.1 Å². The monoisotopic (exact) mass is 283 g/mol. The Morgan fingerprint density at radius 2 is 1.76 bits per heavy atom. The number of nitrogens with zero attached hydrogens (tertiary/aromatic N) is 1. The van der Waals surface area contributed by atoms with Crippen molar-refractivity contribution in [1.29, 1.82) is 0 Å². The van der Waals surface area contributed by atoms with Gasteiger partial charge in [-0.2, -0.15) is 0 Å². The molecule has 0 atom stereocenters. The summed E-state index contributed by atoms with van der Waals surface area (Å²) in [5.41, 5.74) is 3.20. The summed E-state index contributed by atoms with van der Waals surface area (Å²) in [6, 6.07) is 11.9. The number of rotatable bonds is 5. The Bertz CT molecular complexity index is 666. The lowest BCUT2D eigenvalue weighted by molar-refractivity contribution is 0.274. The smallest absolute Gasteiger partial charge is 0.251 e. The number of aliphatic hydroxyl groups excluding tert-OH is 1. The highest BCUT2D eigenvalue weighted by molar-refractivity contribution is 5.69. The Balaban J connectivity index is 2.13. The quantitative estimate of drug-likeness (QED) is 0.916. The maximum absolute atomic E-state index is 11.8. The van der Waals surface area contributed by atoms with Gasteiger partial charge in [-0.15, -0.1) is 0 Å². The van der Waals surface area contributed by atoms with E-state index in [-0.39, 0.29) is 12.2 Å². The summed E-state index contributed by atoms with van der Waals surface area (Å²) in [6.07, 6.45) is 5.63. The molecule has 0 radical (unpaired) electrons. The Morgan fingerprint density at radius 1 is 1.10 bits per heavy atom. The highest BCUT2D eigenvalue weighted by Crippen LogP contribution is 2.15. The molecule has 3 heteroatoms. The first kappa shape index (κ1) is 15.3. The van der Waals surface area contributed by atoms with Crippen LogP contribution in [0, 0.1) is 0 Å². The van der Waals surface area contributed by atoms with E-state index in [0.29, 0.717) is 12.5 Å². The number of aromatic nitrogens is 1. The second-order valence-electron chi connectivity index (χ2n) is 5.37. The third-order valence-corrected chi connectivity index (χ3v) is 3.43. The van der Waals surface area contributed by atoms with Crippen LogP contribution in [0.4, 0.5) is 0 Å². The molecular formula is C18H21NO2. The summed E-state index contributed by atoms with van der Waals surface area (Å²) < 4.78 is 1.49. The molecule has 1 aromatic heterocycles. The van der Waals surface area contributed by atoms with Crippen LogP contribution in [0.3, 0.4) is 0 Å². The van der Waals surface area contributed by atoms with Crippen LogP contribution >= 0.6 is 0 Å². The van der Waals surface area contributed by atoms with E-state index in [9.17, 15) is 4.79 Å². The molecule has 0 spiro atoms. The minimum Gasteiger partial charge on any atom is -0.395 e. The maximum Gasteiger partial charge on any atom is 0.251 e. The van der Waals surface area contributed by atoms with Crippen molar-refractivity contribution in [3.05, 3.63) is 69.6 Å². The summed E-state index contributed by atoms with van der Waals surface area (Å²) >= 11 is 0. The highest BCUT2D eigenvalue weighted by atomic mass is 16.3. The van der Waals surface area contributed by atoms with Gasteiger partial charge in [0.1, 0.15) is 0 Å². The molecule has 0 saturated heterocycles. The van der Waals surface area contributed by atoms with Crippen molar-refractivity contribution in [2.45, 2.75) is 26.3 Å². The largest absolute Gasteiger partial charge is 0.395 e. The van der Waals surface area contributed by atoms with E-state index in [0.717, 1.165) is 11.1 Å². The molecule has 1 heterocycles. The van der Waals surface area contributed by atoms with Crippen molar-refractivity contribution in [1.82, 2.24) is 4.57 Å². The Hall–Kier alpha value is -2.13. The Morgan fingerprint density at radius 3 is 2.33 bits per heavy atom. The van der Waals surface area contributed by atoms with E-state index < -0.39 is 0 Å². The molecule has 0 bridgehead atoms. The minimum absolute atomic E-state index is 0.0305. The first-order chi connectivity index (χ1) is 10.1. The molecule has 0 aliphatic rings. The second-order valence-corrected chi connectivity index (χ2v) is 5.37. The SMILES string of the molecule is CC(C)c1ccc(/C=C/c2ccn(CCO)c(=O)c2)cc1. The van der Waals surface area contributed by atoms with Crippen molar-refractivity contribution in [2.24, 2.45) is 0 Å². The van der Waals surface area contributed by atoms with Crippen molar-refractivity contribution < 1.29 is 5.11 Å². The summed E-state index contributed by atoms with van der Waals surface area (Å²) in [5, 5.41) is 8.85. The Labute approximate surface area is 125 Å². The normalized spacial score (nSPS) is 11.4. The van der Waals surface area contributed by atoms with Gasteiger partial charge >= 0.3 is 0 Å². The summed E-state index contributed by atoms with van der Waals surface area (Å²) in [7, 11) is 0. The van der Waals surface area contributed by atoms with Gasteiger partial charge in [-0.05, 0) is 28.7 Å². The summed E-state index contributed by atoms with van der Waals surface area (Å²) in [6.45, 7) is 4.65. The van der Waals surface area contributed by atoms with E-state index in [4.69, 9.17) is 5.11 Å². The number of hydrogen-bond acceptors (Lipinski definition) is 2. The minimum atomic E-state index is -0.0960. The molecule has 0 unspecified atom stereocenters. The molecule has 21 heavy (non-hydrogen) atoms. The molecule has 0 fully saturated rings. The maximum atomic E-state index is 11.8. The first-order valence-corrected chi connectivity index (χ1v) is 7.19. The van der Waals surface area contributed by atoms with Gasteiger partial charge in [0, 0.05) is 18.8 Å². The van der Waals surface area contributed by atoms with Crippen molar-refractivity contribution in [2.75, 3.05) is 6.61 Å². The summed E-state index contributed by atoms with van der Waals surface area (Å²) in [5.74, 6) is 0.530. The zero-order chi connectivity index (χ0) is 15.2. The zero-order valence-electron chi connectivity index (χ0n) is 12.5. The average molecular weight is 283 g/mol. The van der Waals surface area contributed by atoms with Crippen LogP contribution in [0.1, 0.15) is 36.5 Å². The van der Waals surface area contributed by atoms with Gasteiger partial charge in [-0.25, -0.2) is 0 Å². The van der Waals surface area contributed by atoms with Crippen LogP contribution in [-0.2, 0) is 6.54 Å². The molecule has 3 nitrogen and oxygen atoms in total. The van der Waals surface area contributed by atoms with E-state index in [1.165, 1.54) is 10.1 Å². The number of pyridine rings is 1. The lowest BCUT2D eigenvalue weighted by Crippen LogP contribution is -2.20. The third-order valence-electron chi connectivity index (χ3n) is 3.43. The van der Waals surface area contributed by atoms with Gasteiger partial charge in [0.15, 0.2) is 0 Å². The van der Waals surface area contributed by atoms with E-state index in [1.54, 1.807) is 12.3 Å². The molecule has 1 aromatic carbocycles.